The molecular formula is C4H4BN2. The van der Waals surface area contributed by atoms with Crippen LogP contribution in [-0.2, 0) is 0 Å². The molecule has 0 N–H and O–H groups in total. The molecule has 1 aromatic heterocycles. The van der Waals surface area contributed by atoms with E-state index in [0.29, 0.717) is 0 Å². The van der Waals surface area contributed by atoms with Crippen LogP contribution in [0.15, 0.2) is 24.5 Å². The molecule has 0 saturated heterocycles. The Kier molecular flexibility index (Phi) is 2.93. The molecule has 3 heteroatoms. The van der Waals surface area contributed by atoms with Gasteiger partial charge >= 0.3 is 0 Å². The van der Waals surface area contributed by atoms with Crippen molar-refractivity contribution < 1.29 is 0 Å². The average molecular weight is 90.9 g/mol. The Balaban J connectivity index is 0.000000360. The maximum absolute atomic E-state index is 3.53. The van der Waals surface area contributed by atoms with Crippen LogP contribution in [0.2, 0.25) is 0 Å². The molecule has 0 aliphatic carbocycles. The Bertz CT molecular complexity index is 81.6. The van der Waals surface area contributed by atoms with E-state index in [9.17, 15) is 0 Å². The molecule has 2 nitrogen and oxygen atoms in total. The van der Waals surface area contributed by atoms with Crippen LogP contribution < -0.4 is 0 Å². The van der Waals surface area contributed by atoms with Crippen LogP contribution in [0.25, 0.3) is 0 Å². The molecule has 0 unspecified atom stereocenters. The molecule has 0 aromatic carbocycles. The number of aromatic nitrogens is 2. The fourth-order valence-corrected chi connectivity index (χ4v) is 0.253. The summed E-state index contributed by atoms with van der Waals surface area (Å²) in [5.41, 5.74) is 0. The van der Waals surface area contributed by atoms with Gasteiger partial charge in [-0.2, -0.15) is 10.2 Å². The minimum absolute atomic E-state index is 0. The average Bonchev–Trinajstić information content (AvgIpc) is 1.72. The smallest absolute Gasteiger partial charge is 0.0496 e. The van der Waals surface area contributed by atoms with Gasteiger partial charge in [0.2, 0.25) is 0 Å². The summed E-state index contributed by atoms with van der Waals surface area (Å²) in [5, 5.41) is 7.07. The van der Waals surface area contributed by atoms with E-state index in [-0.39, 0.29) is 8.41 Å². The predicted molar refractivity (Wildman–Crippen MR) is 27.8 cm³/mol. The fraction of sp³-hybridized carbons (Fsp3) is 0. The number of rotatable bonds is 0. The van der Waals surface area contributed by atoms with Crippen molar-refractivity contribution in [3.63, 3.8) is 0 Å². The van der Waals surface area contributed by atoms with Gasteiger partial charge in [-0.1, -0.05) is 0 Å². The first kappa shape index (κ1) is 6.14. The molecule has 0 fully saturated rings. The molecule has 1 heterocycles. The Morgan fingerprint density at radius 1 is 0.857 bits per heavy atom. The van der Waals surface area contributed by atoms with E-state index in [0.717, 1.165) is 0 Å². The summed E-state index contributed by atoms with van der Waals surface area (Å²) in [6, 6.07) is 3.65. The summed E-state index contributed by atoms with van der Waals surface area (Å²) >= 11 is 0. The lowest BCUT2D eigenvalue weighted by Crippen LogP contribution is -1.69. The molecule has 1 aromatic rings. The van der Waals surface area contributed by atoms with E-state index in [1.807, 2.05) is 12.1 Å². The number of hydrogen-bond acceptors (Lipinski definition) is 2. The van der Waals surface area contributed by atoms with Crippen molar-refractivity contribution in [3.8, 4) is 0 Å². The number of nitrogens with zero attached hydrogens (tertiary/aromatic N) is 2. The molecule has 0 bridgehead atoms. The summed E-state index contributed by atoms with van der Waals surface area (Å²) < 4.78 is 0. The van der Waals surface area contributed by atoms with Crippen LogP contribution >= 0.6 is 0 Å². The van der Waals surface area contributed by atoms with Crippen molar-refractivity contribution in [1.29, 1.82) is 0 Å². The summed E-state index contributed by atoms with van der Waals surface area (Å²) in [5.74, 6) is 0. The third kappa shape index (κ3) is 1.92. The zero-order chi connectivity index (χ0) is 4.24. The van der Waals surface area contributed by atoms with Crippen molar-refractivity contribution in [1.82, 2.24) is 10.2 Å². The zero-order valence-corrected chi connectivity index (χ0v) is 3.78. The van der Waals surface area contributed by atoms with Gasteiger partial charge in [0, 0.05) is 20.8 Å². The summed E-state index contributed by atoms with van der Waals surface area (Å²) in [4.78, 5) is 0. The second-order valence-corrected chi connectivity index (χ2v) is 0.914. The predicted octanol–water partition coefficient (Wildman–Crippen LogP) is 0.0958. The lowest BCUT2D eigenvalue weighted by Gasteiger charge is -1.69. The van der Waals surface area contributed by atoms with Crippen LogP contribution in [0.1, 0.15) is 0 Å². The molecule has 1 rings (SSSR count). The normalized spacial score (nSPS) is 6.86. The maximum Gasteiger partial charge on any atom is 0.0496 e. The van der Waals surface area contributed by atoms with Gasteiger partial charge < -0.3 is 0 Å². The highest BCUT2D eigenvalue weighted by atomic mass is 15.1. The van der Waals surface area contributed by atoms with E-state index in [4.69, 9.17) is 0 Å². The molecular weight excluding hydrogens is 86.9 g/mol. The fourth-order valence-electron chi connectivity index (χ4n) is 0.253. The van der Waals surface area contributed by atoms with Crippen molar-refractivity contribution in [2.75, 3.05) is 0 Å². The van der Waals surface area contributed by atoms with Gasteiger partial charge in [-0.25, -0.2) is 0 Å². The van der Waals surface area contributed by atoms with E-state index < -0.39 is 0 Å². The van der Waals surface area contributed by atoms with Crippen LogP contribution in [0.4, 0.5) is 0 Å². The summed E-state index contributed by atoms with van der Waals surface area (Å²) in [6.07, 6.45) is 3.28. The molecule has 0 aliphatic heterocycles. The molecule has 33 valence electrons. The highest BCUT2D eigenvalue weighted by molar-refractivity contribution is 5.75. The SMILES string of the molecule is [B].c1ccnnc1. The standard InChI is InChI=1S/C4H4N2.B/c1-2-4-6-5-3-1;/h1-4H;. The van der Waals surface area contributed by atoms with Crippen LogP contribution in [0.3, 0.4) is 0 Å². The van der Waals surface area contributed by atoms with E-state index in [2.05, 4.69) is 10.2 Å². The molecule has 7 heavy (non-hydrogen) atoms. The largest absolute Gasteiger partial charge is 0.159 e. The van der Waals surface area contributed by atoms with Crippen LogP contribution in [0.5, 0.6) is 0 Å². The lowest BCUT2D eigenvalue weighted by molar-refractivity contribution is 1.03. The monoisotopic (exact) mass is 91.0 g/mol. The third-order valence-corrected chi connectivity index (χ3v) is 0.483. The Hall–Kier alpha value is -0.855. The molecule has 0 aliphatic rings. The minimum atomic E-state index is 0. The van der Waals surface area contributed by atoms with E-state index in [1.54, 1.807) is 12.4 Å². The van der Waals surface area contributed by atoms with Crippen molar-refractivity contribution in [2.45, 2.75) is 0 Å². The topological polar surface area (TPSA) is 25.8 Å². The third-order valence-electron chi connectivity index (χ3n) is 0.483. The van der Waals surface area contributed by atoms with E-state index in [1.165, 1.54) is 0 Å². The van der Waals surface area contributed by atoms with Crippen molar-refractivity contribution in [2.24, 2.45) is 0 Å². The lowest BCUT2D eigenvalue weighted by atomic mass is 10.6. The molecule has 0 saturated carbocycles. The molecule has 0 atom stereocenters. The van der Waals surface area contributed by atoms with Gasteiger partial charge in [0.05, 0.1) is 0 Å². The highest BCUT2D eigenvalue weighted by Gasteiger charge is 1.59. The van der Waals surface area contributed by atoms with Gasteiger partial charge in [0.15, 0.2) is 0 Å². The van der Waals surface area contributed by atoms with Crippen molar-refractivity contribution in [3.05, 3.63) is 24.5 Å². The van der Waals surface area contributed by atoms with Crippen molar-refractivity contribution >= 4 is 8.41 Å². The second-order valence-electron chi connectivity index (χ2n) is 0.914. The first-order valence-corrected chi connectivity index (χ1v) is 1.72. The quantitative estimate of drug-likeness (QED) is 0.423. The summed E-state index contributed by atoms with van der Waals surface area (Å²) in [6.45, 7) is 0. The minimum Gasteiger partial charge on any atom is -0.159 e. The molecule has 3 radical (unpaired) electrons. The Morgan fingerprint density at radius 3 is 1.43 bits per heavy atom. The highest BCUT2D eigenvalue weighted by Crippen LogP contribution is 1.68. The van der Waals surface area contributed by atoms with Gasteiger partial charge in [0.1, 0.15) is 0 Å². The second kappa shape index (κ2) is 3.34. The first-order chi connectivity index (χ1) is 3.00. The maximum atomic E-state index is 3.53. The Labute approximate surface area is 44.2 Å². The van der Waals surface area contributed by atoms with Gasteiger partial charge in [-0.3, -0.25) is 0 Å². The van der Waals surface area contributed by atoms with Crippen LogP contribution in [-0.4, -0.2) is 18.6 Å². The van der Waals surface area contributed by atoms with Gasteiger partial charge in [-0.15, -0.1) is 0 Å². The van der Waals surface area contributed by atoms with E-state index >= 15 is 0 Å². The first-order valence-electron chi connectivity index (χ1n) is 1.72. The number of hydrogen-bond donors (Lipinski definition) is 0. The molecule has 0 spiro atoms. The van der Waals surface area contributed by atoms with Gasteiger partial charge in [0.25, 0.3) is 0 Å². The summed E-state index contributed by atoms with van der Waals surface area (Å²) in [7, 11) is 0. The Morgan fingerprint density at radius 2 is 1.29 bits per heavy atom. The van der Waals surface area contributed by atoms with Gasteiger partial charge in [-0.05, 0) is 12.1 Å². The van der Waals surface area contributed by atoms with Crippen LogP contribution in [0, 0.1) is 0 Å². The zero-order valence-electron chi connectivity index (χ0n) is 3.78. The molecule has 0 amide bonds.